The molecule has 1 aromatic rings. The van der Waals surface area contributed by atoms with Gasteiger partial charge < -0.3 is 10.1 Å². The molecule has 94 valence electrons. The summed E-state index contributed by atoms with van der Waals surface area (Å²) in [6, 6.07) is 0.797. The second kappa shape index (κ2) is 4.33. The van der Waals surface area contributed by atoms with Crippen LogP contribution in [0.15, 0.2) is 12.4 Å². The molecule has 0 atom stereocenters. The zero-order valence-electron chi connectivity index (χ0n) is 10.5. The van der Waals surface area contributed by atoms with Gasteiger partial charge in [0.2, 0.25) is 0 Å². The Morgan fingerprint density at radius 2 is 2.35 bits per heavy atom. The van der Waals surface area contributed by atoms with E-state index in [0.717, 1.165) is 24.8 Å². The van der Waals surface area contributed by atoms with Crippen LogP contribution >= 0.6 is 0 Å². The van der Waals surface area contributed by atoms with Gasteiger partial charge in [-0.3, -0.25) is 4.68 Å². The van der Waals surface area contributed by atoms with E-state index in [1.807, 2.05) is 19.4 Å². The van der Waals surface area contributed by atoms with E-state index in [-0.39, 0.29) is 5.60 Å². The summed E-state index contributed by atoms with van der Waals surface area (Å²) in [5.74, 6) is 0.915. The fraction of sp³-hybridized carbons (Fsp3) is 0.769. The molecule has 0 aliphatic heterocycles. The highest BCUT2D eigenvalue weighted by atomic mass is 16.5. The summed E-state index contributed by atoms with van der Waals surface area (Å²) >= 11 is 0. The molecule has 0 bridgehead atoms. The van der Waals surface area contributed by atoms with Gasteiger partial charge in [0, 0.05) is 13.1 Å². The van der Waals surface area contributed by atoms with Crippen molar-refractivity contribution in [1.82, 2.24) is 15.1 Å². The summed E-state index contributed by atoms with van der Waals surface area (Å²) in [7, 11) is 1.93. The van der Waals surface area contributed by atoms with E-state index in [0.29, 0.717) is 0 Å². The number of rotatable bonds is 6. The molecule has 1 heterocycles. The zero-order valence-corrected chi connectivity index (χ0v) is 10.5. The highest BCUT2D eigenvalue weighted by Gasteiger charge is 2.39. The van der Waals surface area contributed by atoms with Crippen molar-refractivity contribution in [1.29, 1.82) is 0 Å². The minimum absolute atomic E-state index is 0.0882. The minimum Gasteiger partial charge on any atom is -0.484 e. The first-order chi connectivity index (χ1) is 8.26. The van der Waals surface area contributed by atoms with Crippen LogP contribution in [-0.2, 0) is 7.05 Å². The van der Waals surface area contributed by atoms with Gasteiger partial charge in [0.1, 0.15) is 5.60 Å². The number of hydrogen-bond acceptors (Lipinski definition) is 3. The number of nitrogens with zero attached hydrogens (tertiary/aromatic N) is 2. The van der Waals surface area contributed by atoms with Crippen molar-refractivity contribution in [2.75, 3.05) is 6.54 Å². The second-order valence-electron chi connectivity index (χ2n) is 5.47. The Morgan fingerprint density at radius 1 is 1.53 bits per heavy atom. The molecule has 0 spiro atoms. The molecule has 3 rings (SSSR count). The fourth-order valence-corrected chi connectivity index (χ4v) is 2.47. The van der Waals surface area contributed by atoms with Crippen LogP contribution in [0.5, 0.6) is 5.75 Å². The maximum Gasteiger partial charge on any atom is 0.158 e. The lowest BCUT2D eigenvalue weighted by Gasteiger charge is -2.41. The van der Waals surface area contributed by atoms with Crippen LogP contribution in [0.2, 0.25) is 0 Å². The predicted molar refractivity (Wildman–Crippen MR) is 66.1 cm³/mol. The number of aryl methyl sites for hydroxylation is 1. The Kier molecular flexibility index (Phi) is 2.82. The first-order valence-corrected chi connectivity index (χ1v) is 6.67. The topological polar surface area (TPSA) is 39.1 Å². The van der Waals surface area contributed by atoms with Gasteiger partial charge in [0.15, 0.2) is 5.75 Å². The third-order valence-corrected chi connectivity index (χ3v) is 3.87. The Labute approximate surface area is 102 Å². The van der Waals surface area contributed by atoms with Crippen LogP contribution in [0.3, 0.4) is 0 Å². The average molecular weight is 235 g/mol. The lowest BCUT2D eigenvalue weighted by Crippen LogP contribution is -2.45. The van der Waals surface area contributed by atoms with E-state index in [2.05, 4.69) is 10.4 Å². The molecule has 0 saturated heterocycles. The normalized spacial score (nSPS) is 22.2. The number of ether oxygens (including phenoxy) is 1. The molecule has 4 nitrogen and oxygen atoms in total. The third-order valence-electron chi connectivity index (χ3n) is 3.87. The van der Waals surface area contributed by atoms with Gasteiger partial charge in [-0.2, -0.15) is 5.10 Å². The SMILES string of the molecule is Cn1cc(OC2(CCNC3CC3)CCC2)cn1. The average Bonchev–Trinajstić information content (AvgIpc) is 2.98. The molecule has 0 radical (unpaired) electrons. The Morgan fingerprint density at radius 3 is 2.88 bits per heavy atom. The molecule has 2 fully saturated rings. The minimum atomic E-state index is 0.0882. The lowest BCUT2D eigenvalue weighted by atomic mass is 9.77. The summed E-state index contributed by atoms with van der Waals surface area (Å²) in [5, 5.41) is 7.72. The standard InChI is InChI=1S/C13H21N3O/c1-16-10-12(9-15-16)17-13(5-2-6-13)7-8-14-11-3-4-11/h9-11,14H,2-8H2,1H3. The molecule has 1 N–H and O–H groups in total. The van der Waals surface area contributed by atoms with Crippen LogP contribution in [0.4, 0.5) is 0 Å². The molecule has 0 aromatic carbocycles. The number of nitrogens with one attached hydrogen (secondary N) is 1. The maximum absolute atomic E-state index is 6.14. The smallest absolute Gasteiger partial charge is 0.158 e. The van der Waals surface area contributed by atoms with Crippen molar-refractivity contribution in [2.24, 2.45) is 7.05 Å². The van der Waals surface area contributed by atoms with Crippen molar-refractivity contribution >= 4 is 0 Å². The summed E-state index contributed by atoms with van der Waals surface area (Å²) < 4.78 is 7.93. The zero-order chi connectivity index (χ0) is 11.7. The van der Waals surface area contributed by atoms with Crippen LogP contribution in [-0.4, -0.2) is 28.0 Å². The summed E-state index contributed by atoms with van der Waals surface area (Å²) in [4.78, 5) is 0. The molecule has 1 aromatic heterocycles. The lowest BCUT2D eigenvalue weighted by molar-refractivity contribution is -0.0143. The van der Waals surface area contributed by atoms with E-state index < -0.39 is 0 Å². The monoisotopic (exact) mass is 235 g/mol. The second-order valence-corrected chi connectivity index (χ2v) is 5.47. The Hall–Kier alpha value is -1.03. The highest BCUT2D eigenvalue weighted by Crippen LogP contribution is 2.39. The summed E-state index contributed by atoms with van der Waals surface area (Å²) in [6.07, 6.45) is 11.3. The molecule has 2 saturated carbocycles. The fourth-order valence-electron chi connectivity index (χ4n) is 2.47. The van der Waals surface area contributed by atoms with Gasteiger partial charge in [-0.15, -0.1) is 0 Å². The first-order valence-electron chi connectivity index (χ1n) is 6.67. The van der Waals surface area contributed by atoms with Crippen molar-refractivity contribution in [2.45, 2.75) is 50.2 Å². The first kappa shape index (κ1) is 11.1. The number of hydrogen-bond donors (Lipinski definition) is 1. The van der Waals surface area contributed by atoms with E-state index in [1.165, 1.54) is 32.1 Å². The molecule has 0 amide bonds. The van der Waals surface area contributed by atoms with Crippen molar-refractivity contribution < 1.29 is 4.74 Å². The van der Waals surface area contributed by atoms with Gasteiger partial charge in [-0.25, -0.2) is 0 Å². The largest absolute Gasteiger partial charge is 0.484 e. The molecule has 17 heavy (non-hydrogen) atoms. The quantitative estimate of drug-likeness (QED) is 0.818. The summed E-state index contributed by atoms with van der Waals surface area (Å²) in [5.41, 5.74) is 0.0882. The van der Waals surface area contributed by atoms with E-state index in [9.17, 15) is 0 Å². The maximum atomic E-state index is 6.14. The molecular weight excluding hydrogens is 214 g/mol. The van der Waals surface area contributed by atoms with Crippen LogP contribution in [0.25, 0.3) is 0 Å². The molecule has 4 heteroatoms. The Balaban J connectivity index is 1.53. The van der Waals surface area contributed by atoms with Crippen molar-refractivity contribution in [3.8, 4) is 5.75 Å². The molecule has 2 aliphatic rings. The molecule has 0 unspecified atom stereocenters. The predicted octanol–water partition coefficient (Wildman–Crippen LogP) is 1.86. The summed E-state index contributed by atoms with van der Waals surface area (Å²) in [6.45, 7) is 1.09. The van der Waals surface area contributed by atoms with E-state index in [1.54, 1.807) is 4.68 Å². The van der Waals surface area contributed by atoms with Gasteiger partial charge in [-0.1, -0.05) is 0 Å². The van der Waals surface area contributed by atoms with Crippen molar-refractivity contribution in [3.63, 3.8) is 0 Å². The van der Waals surface area contributed by atoms with Gasteiger partial charge in [0.25, 0.3) is 0 Å². The van der Waals surface area contributed by atoms with E-state index in [4.69, 9.17) is 4.74 Å². The van der Waals surface area contributed by atoms with Crippen LogP contribution in [0.1, 0.15) is 38.5 Å². The van der Waals surface area contributed by atoms with E-state index >= 15 is 0 Å². The molecular formula is C13H21N3O. The number of aromatic nitrogens is 2. The van der Waals surface area contributed by atoms with Gasteiger partial charge in [-0.05, 0) is 45.1 Å². The van der Waals surface area contributed by atoms with Crippen LogP contribution < -0.4 is 10.1 Å². The van der Waals surface area contributed by atoms with Crippen molar-refractivity contribution in [3.05, 3.63) is 12.4 Å². The molecule has 2 aliphatic carbocycles. The van der Waals surface area contributed by atoms with Crippen LogP contribution in [0, 0.1) is 0 Å². The highest BCUT2D eigenvalue weighted by molar-refractivity contribution is 5.14. The van der Waals surface area contributed by atoms with Gasteiger partial charge in [0.05, 0.1) is 12.4 Å². The third kappa shape index (κ3) is 2.63. The Bertz CT molecular complexity index is 380. The van der Waals surface area contributed by atoms with Gasteiger partial charge >= 0.3 is 0 Å².